The number of fused-ring (bicyclic) bond motifs is 4. The van der Waals surface area contributed by atoms with E-state index in [1.807, 2.05) is 24.3 Å². The Labute approximate surface area is 171 Å². The Hall–Kier alpha value is -2.15. The van der Waals surface area contributed by atoms with Crippen LogP contribution in [0.2, 0.25) is 0 Å². The van der Waals surface area contributed by atoms with Crippen LogP contribution in [0.3, 0.4) is 0 Å². The van der Waals surface area contributed by atoms with E-state index in [1.54, 1.807) is 12.1 Å². The zero-order valence-electron chi connectivity index (χ0n) is 15.8. The molecule has 1 aliphatic carbocycles. The molecule has 5 nitrogen and oxygen atoms in total. The Kier molecular flexibility index (Phi) is 4.81. The van der Waals surface area contributed by atoms with Gasteiger partial charge in [0.1, 0.15) is 12.4 Å². The van der Waals surface area contributed by atoms with Crippen molar-refractivity contribution in [2.45, 2.75) is 31.8 Å². The molecule has 4 rings (SSSR count). The van der Waals surface area contributed by atoms with Crippen molar-refractivity contribution in [3.63, 3.8) is 0 Å². The van der Waals surface area contributed by atoms with Crippen LogP contribution in [0.5, 0.6) is 5.75 Å². The minimum Gasteiger partial charge on any atom is -0.491 e. The highest BCUT2D eigenvalue weighted by molar-refractivity contribution is 9.10. The monoisotopic (exact) mass is 443 g/mol. The fraction of sp³-hybridized carbons (Fsp3) is 0.318. The second kappa shape index (κ2) is 7.03. The molecule has 0 saturated carbocycles. The number of nitrogens with one attached hydrogen (secondary N) is 1. The van der Waals surface area contributed by atoms with Crippen molar-refractivity contribution in [3.8, 4) is 5.75 Å². The van der Waals surface area contributed by atoms with E-state index >= 15 is 0 Å². The lowest BCUT2D eigenvalue weighted by atomic mass is 9.71. The maximum atomic E-state index is 13.3. The number of aliphatic hydroxyl groups excluding tert-OH is 2. The third-order valence-electron chi connectivity index (χ3n) is 5.43. The number of ketones is 1. The van der Waals surface area contributed by atoms with Crippen LogP contribution in [0, 0.1) is 0 Å². The van der Waals surface area contributed by atoms with E-state index in [0.717, 1.165) is 32.2 Å². The molecule has 28 heavy (non-hydrogen) atoms. The number of carbonyl (C=O) groups excluding carboxylic acids is 1. The molecular weight excluding hydrogens is 422 g/mol. The van der Waals surface area contributed by atoms with E-state index in [1.165, 1.54) is 0 Å². The maximum Gasteiger partial charge on any atom is 0.195 e. The van der Waals surface area contributed by atoms with Gasteiger partial charge in [0.05, 0.1) is 11.7 Å². The molecule has 1 aliphatic rings. The maximum absolute atomic E-state index is 13.3. The molecule has 0 spiro atoms. The number of aliphatic hydroxyl groups is 2. The number of H-pyrrole nitrogens is 1. The first-order chi connectivity index (χ1) is 13.3. The van der Waals surface area contributed by atoms with E-state index in [-0.39, 0.29) is 25.4 Å². The molecular formula is C22H22BrNO4. The molecule has 1 heterocycles. The van der Waals surface area contributed by atoms with Crippen LogP contribution in [0.4, 0.5) is 0 Å². The molecule has 0 fully saturated rings. The van der Waals surface area contributed by atoms with Gasteiger partial charge in [0.15, 0.2) is 5.78 Å². The molecule has 0 unspecified atom stereocenters. The van der Waals surface area contributed by atoms with Gasteiger partial charge >= 0.3 is 0 Å². The second-order valence-corrected chi connectivity index (χ2v) is 8.62. The molecule has 0 radical (unpaired) electrons. The number of rotatable bonds is 5. The molecule has 0 saturated heterocycles. The van der Waals surface area contributed by atoms with Gasteiger partial charge in [-0.2, -0.15) is 0 Å². The minimum absolute atomic E-state index is 0.00441. The Morgan fingerprint density at radius 3 is 2.75 bits per heavy atom. The molecule has 146 valence electrons. The fourth-order valence-corrected chi connectivity index (χ4v) is 4.26. The van der Waals surface area contributed by atoms with Crippen molar-refractivity contribution in [1.82, 2.24) is 4.98 Å². The van der Waals surface area contributed by atoms with Crippen LogP contribution in [0.15, 0.2) is 40.9 Å². The van der Waals surface area contributed by atoms with Gasteiger partial charge in [-0.1, -0.05) is 35.8 Å². The summed E-state index contributed by atoms with van der Waals surface area (Å²) in [6, 6.07) is 11.3. The summed E-state index contributed by atoms with van der Waals surface area (Å²) < 4.78 is 6.65. The van der Waals surface area contributed by atoms with Crippen molar-refractivity contribution in [1.29, 1.82) is 0 Å². The van der Waals surface area contributed by atoms with Crippen LogP contribution in [-0.4, -0.2) is 40.3 Å². The van der Waals surface area contributed by atoms with Gasteiger partial charge in [-0.3, -0.25) is 4.79 Å². The lowest BCUT2D eigenvalue weighted by molar-refractivity contribution is 0.0820. The zero-order valence-corrected chi connectivity index (χ0v) is 17.3. The highest BCUT2D eigenvalue weighted by Crippen LogP contribution is 2.44. The number of benzene rings is 2. The number of carbonyl (C=O) groups is 1. The first-order valence-corrected chi connectivity index (χ1v) is 10.0. The van der Waals surface area contributed by atoms with Gasteiger partial charge in [0, 0.05) is 38.7 Å². The van der Waals surface area contributed by atoms with E-state index in [2.05, 4.69) is 34.8 Å². The number of ether oxygens (including phenoxy) is 1. The van der Waals surface area contributed by atoms with Crippen LogP contribution in [-0.2, 0) is 5.41 Å². The summed E-state index contributed by atoms with van der Waals surface area (Å²) in [5.74, 6) is 0.601. The van der Waals surface area contributed by atoms with Crippen LogP contribution < -0.4 is 4.74 Å². The molecule has 1 aromatic heterocycles. The van der Waals surface area contributed by atoms with E-state index < -0.39 is 11.5 Å². The van der Waals surface area contributed by atoms with Gasteiger partial charge in [-0.25, -0.2) is 0 Å². The molecule has 6 heteroatoms. The topological polar surface area (TPSA) is 82.5 Å². The van der Waals surface area contributed by atoms with E-state index in [0.29, 0.717) is 11.3 Å². The average Bonchev–Trinajstić information content (AvgIpc) is 3.04. The SMILES string of the molecule is CC1(C)c2cc(OC[C@@H](O)CCO)ccc2C(=O)c2c1[nH]c1cc(Br)ccc21. The predicted molar refractivity (Wildman–Crippen MR) is 111 cm³/mol. The van der Waals surface area contributed by atoms with Gasteiger partial charge in [0.2, 0.25) is 0 Å². The van der Waals surface area contributed by atoms with Crippen LogP contribution >= 0.6 is 15.9 Å². The third kappa shape index (κ3) is 3.05. The van der Waals surface area contributed by atoms with Crippen molar-refractivity contribution in [2.75, 3.05) is 13.2 Å². The molecule has 3 N–H and O–H groups in total. The van der Waals surface area contributed by atoms with Gasteiger partial charge in [0.25, 0.3) is 0 Å². The standard InChI is InChI=1S/C22H22BrNO4/c1-22(2)17-10-14(28-11-13(26)7-8-25)4-6-15(17)20(27)19-16-5-3-12(23)9-18(16)24-21(19)22/h3-6,9-10,13,24-26H,7-8,11H2,1-2H3/t13-/m0/s1. The molecule has 3 aromatic rings. The summed E-state index contributed by atoms with van der Waals surface area (Å²) in [6.07, 6.45) is -0.461. The number of aromatic amines is 1. The van der Waals surface area contributed by atoms with Gasteiger partial charge < -0.3 is 19.9 Å². The summed E-state index contributed by atoms with van der Waals surface area (Å²) in [6.45, 7) is 4.19. The number of aromatic nitrogens is 1. The van der Waals surface area contributed by atoms with E-state index in [9.17, 15) is 9.90 Å². The van der Waals surface area contributed by atoms with Crippen molar-refractivity contribution in [3.05, 3.63) is 63.3 Å². The highest BCUT2D eigenvalue weighted by atomic mass is 79.9. The first-order valence-electron chi connectivity index (χ1n) is 9.25. The molecule has 2 aromatic carbocycles. The summed E-state index contributed by atoms with van der Waals surface area (Å²) in [5.41, 5.74) is 3.71. The van der Waals surface area contributed by atoms with Crippen molar-refractivity contribution >= 4 is 32.6 Å². The number of hydrogen-bond donors (Lipinski definition) is 3. The number of hydrogen-bond acceptors (Lipinski definition) is 4. The smallest absolute Gasteiger partial charge is 0.195 e. The minimum atomic E-state index is -0.727. The third-order valence-corrected chi connectivity index (χ3v) is 5.92. The Bertz CT molecular complexity index is 1070. The van der Waals surface area contributed by atoms with E-state index in [4.69, 9.17) is 9.84 Å². The van der Waals surface area contributed by atoms with Gasteiger partial charge in [-0.15, -0.1) is 0 Å². The summed E-state index contributed by atoms with van der Waals surface area (Å²) in [5, 5.41) is 19.6. The normalized spacial score (nSPS) is 16.0. The summed E-state index contributed by atoms with van der Waals surface area (Å²) >= 11 is 3.49. The average molecular weight is 444 g/mol. The predicted octanol–water partition coefficient (Wildman–Crippen LogP) is 3.92. The fourth-order valence-electron chi connectivity index (χ4n) is 3.90. The highest BCUT2D eigenvalue weighted by Gasteiger charge is 2.39. The van der Waals surface area contributed by atoms with Crippen molar-refractivity contribution in [2.24, 2.45) is 0 Å². The summed E-state index contributed by atoms with van der Waals surface area (Å²) in [4.78, 5) is 16.7. The number of halogens is 1. The molecule has 0 amide bonds. The first kappa shape index (κ1) is 19.2. The summed E-state index contributed by atoms with van der Waals surface area (Å²) in [7, 11) is 0. The quantitative estimate of drug-likeness (QED) is 0.557. The van der Waals surface area contributed by atoms with Gasteiger partial charge in [-0.05, 0) is 42.3 Å². The van der Waals surface area contributed by atoms with Crippen LogP contribution in [0.25, 0.3) is 10.9 Å². The lowest BCUT2D eigenvalue weighted by Crippen LogP contribution is -2.30. The second-order valence-electron chi connectivity index (χ2n) is 7.70. The Morgan fingerprint density at radius 2 is 2.00 bits per heavy atom. The Balaban J connectivity index is 1.77. The molecule has 0 bridgehead atoms. The molecule has 1 atom stereocenters. The molecule has 0 aliphatic heterocycles. The van der Waals surface area contributed by atoms with Crippen LogP contribution in [0.1, 0.15) is 47.4 Å². The Morgan fingerprint density at radius 1 is 1.21 bits per heavy atom. The largest absolute Gasteiger partial charge is 0.491 e. The lowest BCUT2D eigenvalue weighted by Gasteiger charge is -2.32. The zero-order chi connectivity index (χ0) is 20.1. The van der Waals surface area contributed by atoms with Crippen molar-refractivity contribution < 1.29 is 19.7 Å².